The first-order valence-corrected chi connectivity index (χ1v) is 19.0. The molecule has 46 heavy (non-hydrogen) atoms. The van der Waals surface area contributed by atoms with Crippen molar-refractivity contribution in [1.82, 2.24) is 0 Å². The Labute approximate surface area is 280 Å². The number of ether oxygens (including phenoxy) is 4. The van der Waals surface area contributed by atoms with Crippen LogP contribution in [0, 0.1) is 0 Å². The van der Waals surface area contributed by atoms with Crippen LogP contribution in [0.15, 0.2) is 11.6 Å². The smallest absolute Gasteiger partial charge is 0.334 e. The van der Waals surface area contributed by atoms with Crippen molar-refractivity contribution in [2.24, 2.45) is 0 Å². The average molecular weight is 653 g/mol. The summed E-state index contributed by atoms with van der Waals surface area (Å²) in [4.78, 5) is 11.7. The van der Waals surface area contributed by atoms with E-state index in [0.29, 0.717) is 37.7 Å². The van der Waals surface area contributed by atoms with Crippen LogP contribution >= 0.6 is 0 Å². The van der Waals surface area contributed by atoms with E-state index in [4.69, 9.17) is 18.9 Å². The van der Waals surface area contributed by atoms with Crippen LogP contribution in [-0.4, -0.2) is 75.9 Å². The summed E-state index contributed by atoms with van der Waals surface area (Å²) < 4.78 is 23.8. The lowest BCUT2D eigenvalue weighted by atomic mass is 9.97. The predicted molar refractivity (Wildman–Crippen MR) is 181 cm³/mol. The molecule has 3 N–H and O–H groups in total. The van der Waals surface area contributed by atoms with Gasteiger partial charge in [-0.15, -0.1) is 0 Å². The summed E-state index contributed by atoms with van der Waals surface area (Å²) >= 11 is 0. The molecule has 0 saturated carbocycles. The highest BCUT2D eigenvalue weighted by molar-refractivity contribution is 5.90. The number of hydrogen-bond donors (Lipinski definition) is 3. The van der Waals surface area contributed by atoms with Gasteiger partial charge in [0.1, 0.15) is 6.10 Å². The second kappa shape index (κ2) is 21.1. The SMILES string of the molecule is CCCCCCCCCCCC[C@H]1OC(C)(C)O[C@@H]1CC[C@H](O)[C@@H]1CC[C@@H](C[C@H](O)CCCCC[C@@H](O)CC2=C[C@H](C)OC2=O)O1. The van der Waals surface area contributed by atoms with Crippen LogP contribution in [0.25, 0.3) is 0 Å². The molecule has 0 radical (unpaired) electrons. The Kier molecular flexibility index (Phi) is 18.1. The number of carbonyl (C=O) groups excluding carboxylic acids is 1. The van der Waals surface area contributed by atoms with Gasteiger partial charge in [-0.25, -0.2) is 4.79 Å². The van der Waals surface area contributed by atoms with E-state index in [1.54, 1.807) is 6.08 Å². The van der Waals surface area contributed by atoms with Crippen molar-refractivity contribution in [3.8, 4) is 0 Å². The van der Waals surface area contributed by atoms with Gasteiger partial charge in [0.2, 0.25) is 0 Å². The number of carbonyl (C=O) groups is 1. The molecule has 0 bridgehead atoms. The summed E-state index contributed by atoms with van der Waals surface area (Å²) in [6.45, 7) is 8.06. The van der Waals surface area contributed by atoms with Crippen LogP contribution in [0.3, 0.4) is 0 Å². The zero-order valence-corrected chi connectivity index (χ0v) is 29.6. The molecule has 8 nitrogen and oxygen atoms in total. The summed E-state index contributed by atoms with van der Waals surface area (Å²) in [5.74, 6) is -0.894. The fraction of sp³-hybridized carbons (Fsp3) is 0.921. The molecule has 3 aliphatic rings. The summed E-state index contributed by atoms with van der Waals surface area (Å²) in [6, 6.07) is 0. The monoisotopic (exact) mass is 652 g/mol. The van der Waals surface area contributed by atoms with Crippen molar-refractivity contribution in [2.75, 3.05) is 0 Å². The molecule has 3 aliphatic heterocycles. The van der Waals surface area contributed by atoms with Crippen LogP contribution in [0.2, 0.25) is 0 Å². The Hall–Kier alpha value is -1.03. The molecular weight excluding hydrogens is 584 g/mol. The molecule has 8 heteroatoms. The standard InChI is InChI=1S/C38H68O8/c1-5-6-7-8-9-10-11-12-13-17-20-35-36(46-38(3,4)45-35)24-22-33(41)34-23-21-32(44-34)27-31(40)19-16-14-15-18-30(39)26-29-25-28(2)43-37(29)42/h25,28,30-36,39-41H,5-24,26-27H2,1-4H3/t28-,30+,31+,32-,33-,34-,35+,36+/m0/s1. The number of rotatable bonds is 25. The molecule has 2 saturated heterocycles. The molecule has 0 aromatic heterocycles. The first kappa shape index (κ1) is 39.4. The van der Waals surface area contributed by atoms with E-state index in [-0.39, 0.29) is 36.5 Å². The molecule has 2 fully saturated rings. The van der Waals surface area contributed by atoms with Gasteiger partial charge in [-0.1, -0.05) is 90.4 Å². The van der Waals surface area contributed by atoms with Gasteiger partial charge in [-0.05, 0) is 78.2 Å². The van der Waals surface area contributed by atoms with E-state index < -0.39 is 24.1 Å². The van der Waals surface area contributed by atoms with Crippen molar-refractivity contribution in [3.63, 3.8) is 0 Å². The van der Waals surface area contributed by atoms with Crippen molar-refractivity contribution >= 4 is 5.97 Å². The Bertz CT molecular complexity index is 875. The topological polar surface area (TPSA) is 115 Å². The summed E-state index contributed by atoms with van der Waals surface area (Å²) in [7, 11) is 0. The largest absolute Gasteiger partial charge is 0.455 e. The van der Waals surface area contributed by atoms with Crippen LogP contribution in [0.5, 0.6) is 0 Å². The highest BCUT2D eigenvalue weighted by Gasteiger charge is 2.41. The minimum absolute atomic E-state index is 0.00311. The van der Waals surface area contributed by atoms with Gasteiger partial charge in [-0.2, -0.15) is 0 Å². The number of aliphatic hydroxyl groups is 3. The minimum Gasteiger partial charge on any atom is -0.455 e. The molecule has 0 spiro atoms. The summed E-state index contributed by atoms with van der Waals surface area (Å²) in [6.07, 6.45) is 22.2. The lowest BCUT2D eigenvalue weighted by molar-refractivity contribution is -0.148. The molecule has 0 aliphatic carbocycles. The molecule has 0 aromatic rings. The maximum atomic E-state index is 11.7. The van der Waals surface area contributed by atoms with Gasteiger partial charge in [0.15, 0.2) is 5.79 Å². The third-order valence-electron chi connectivity index (χ3n) is 10.00. The fourth-order valence-corrected chi connectivity index (χ4v) is 7.44. The molecule has 268 valence electrons. The van der Waals surface area contributed by atoms with Crippen molar-refractivity contribution in [1.29, 1.82) is 0 Å². The highest BCUT2D eigenvalue weighted by atomic mass is 16.7. The number of hydrogen-bond acceptors (Lipinski definition) is 8. The van der Waals surface area contributed by atoms with Gasteiger partial charge < -0.3 is 34.3 Å². The van der Waals surface area contributed by atoms with E-state index >= 15 is 0 Å². The predicted octanol–water partition coefficient (Wildman–Crippen LogP) is 7.83. The normalized spacial score (nSPS) is 27.9. The fourth-order valence-electron chi connectivity index (χ4n) is 7.44. The second-order valence-electron chi connectivity index (χ2n) is 14.9. The van der Waals surface area contributed by atoms with Crippen LogP contribution in [0.1, 0.15) is 169 Å². The molecular formula is C38H68O8. The third kappa shape index (κ3) is 15.0. The molecule has 0 amide bonds. The Balaban J connectivity index is 1.23. The van der Waals surface area contributed by atoms with Crippen LogP contribution in [0.4, 0.5) is 0 Å². The zero-order valence-electron chi connectivity index (χ0n) is 29.6. The van der Waals surface area contributed by atoms with Gasteiger partial charge >= 0.3 is 5.97 Å². The number of unbranched alkanes of at least 4 members (excludes halogenated alkanes) is 11. The maximum absolute atomic E-state index is 11.7. The Morgan fingerprint density at radius 3 is 2.00 bits per heavy atom. The van der Waals surface area contributed by atoms with Gasteiger partial charge in [0, 0.05) is 12.0 Å². The van der Waals surface area contributed by atoms with E-state index in [0.717, 1.165) is 51.4 Å². The summed E-state index contributed by atoms with van der Waals surface area (Å²) in [5, 5.41) is 31.8. The second-order valence-corrected chi connectivity index (χ2v) is 14.9. The molecule has 0 aromatic carbocycles. The lowest BCUT2D eigenvalue weighted by Crippen LogP contribution is -2.30. The van der Waals surface area contributed by atoms with E-state index in [1.165, 1.54) is 57.8 Å². The molecule has 8 atom stereocenters. The van der Waals surface area contributed by atoms with Gasteiger partial charge in [0.05, 0.1) is 42.7 Å². The maximum Gasteiger partial charge on any atom is 0.334 e. The third-order valence-corrected chi connectivity index (χ3v) is 10.00. The van der Waals surface area contributed by atoms with E-state index in [1.807, 2.05) is 20.8 Å². The lowest BCUT2D eigenvalue weighted by Gasteiger charge is -2.23. The number of cyclic esters (lactones) is 1. The number of esters is 1. The first-order chi connectivity index (χ1) is 22.1. The van der Waals surface area contributed by atoms with Crippen molar-refractivity contribution < 1.29 is 39.1 Å². The Morgan fingerprint density at radius 1 is 0.783 bits per heavy atom. The molecule has 3 heterocycles. The van der Waals surface area contributed by atoms with Crippen molar-refractivity contribution in [2.45, 2.75) is 224 Å². The number of aliphatic hydroxyl groups excluding tert-OH is 3. The van der Waals surface area contributed by atoms with Gasteiger partial charge in [-0.3, -0.25) is 0 Å². The Morgan fingerprint density at radius 2 is 1.37 bits per heavy atom. The first-order valence-electron chi connectivity index (χ1n) is 19.0. The highest BCUT2D eigenvalue weighted by Crippen LogP contribution is 2.35. The zero-order chi connectivity index (χ0) is 33.4. The van der Waals surface area contributed by atoms with E-state index in [9.17, 15) is 20.1 Å². The summed E-state index contributed by atoms with van der Waals surface area (Å²) in [5.41, 5.74) is 0.573. The minimum atomic E-state index is -0.578. The molecule has 3 rings (SSSR count). The molecule has 0 unspecified atom stereocenters. The van der Waals surface area contributed by atoms with Crippen LogP contribution < -0.4 is 0 Å². The van der Waals surface area contributed by atoms with Crippen molar-refractivity contribution in [3.05, 3.63) is 11.6 Å². The quantitative estimate of drug-likeness (QED) is 0.0675. The average Bonchev–Trinajstić information content (AvgIpc) is 3.68. The van der Waals surface area contributed by atoms with E-state index in [2.05, 4.69) is 6.92 Å². The van der Waals surface area contributed by atoms with Gasteiger partial charge in [0.25, 0.3) is 0 Å². The van der Waals surface area contributed by atoms with Crippen LogP contribution in [-0.2, 0) is 23.7 Å².